The van der Waals surface area contributed by atoms with Crippen LogP contribution in [0.4, 0.5) is 0 Å². The molecule has 1 atom stereocenters. The molecule has 0 aromatic heterocycles. The molecule has 0 spiro atoms. The van der Waals surface area contributed by atoms with E-state index in [9.17, 15) is 4.79 Å². The maximum absolute atomic E-state index is 12.4. The molecule has 3 heteroatoms. The van der Waals surface area contributed by atoms with E-state index in [-0.39, 0.29) is 11.9 Å². The molecule has 1 amide bonds. The molecule has 0 heterocycles. The minimum atomic E-state index is -0.119. The van der Waals surface area contributed by atoms with E-state index in [1.807, 2.05) is 63.2 Å². The monoisotopic (exact) mass is 283 g/mol. The lowest BCUT2D eigenvalue weighted by molar-refractivity contribution is 0.0939. The maximum atomic E-state index is 12.4. The Kier molecular flexibility index (Phi) is 4.63. The van der Waals surface area contributed by atoms with Gasteiger partial charge in [-0.2, -0.15) is 0 Å². The molecule has 21 heavy (non-hydrogen) atoms. The number of amides is 1. The van der Waals surface area contributed by atoms with Crippen LogP contribution in [0.2, 0.25) is 0 Å². The number of benzene rings is 2. The van der Waals surface area contributed by atoms with Crippen LogP contribution in [-0.2, 0) is 0 Å². The fourth-order valence-corrected chi connectivity index (χ4v) is 2.37. The Labute approximate surface area is 126 Å². The normalized spacial score (nSPS) is 11.8. The SMILES string of the molecule is COc1ccc(C)cc1C(C)NC(=O)c1ccccc1C. The lowest BCUT2D eigenvalue weighted by Gasteiger charge is -2.18. The molecule has 0 fully saturated rings. The Morgan fingerprint density at radius 1 is 1.14 bits per heavy atom. The third-order valence-corrected chi connectivity index (χ3v) is 3.59. The molecule has 0 bridgehead atoms. The van der Waals surface area contributed by atoms with Crippen LogP contribution in [0.25, 0.3) is 0 Å². The number of carbonyl (C=O) groups excluding carboxylic acids is 1. The van der Waals surface area contributed by atoms with Crippen molar-refractivity contribution in [3.05, 3.63) is 64.7 Å². The Morgan fingerprint density at radius 2 is 1.86 bits per heavy atom. The van der Waals surface area contributed by atoms with Crippen LogP contribution in [0.3, 0.4) is 0 Å². The average Bonchev–Trinajstić information content (AvgIpc) is 2.47. The van der Waals surface area contributed by atoms with Gasteiger partial charge in [-0.25, -0.2) is 0 Å². The van der Waals surface area contributed by atoms with E-state index in [0.717, 1.165) is 22.4 Å². The van der Waals surface area contributed by atoms with Crippen LogP contribution in [0, 0.1) is 13.8 Å². The van der Waals surface area contributed by atoms with Crippen molar-refractivity contribution in [3.8, 4) is 5.75 Å². The summed E-state index contributed by atoms with van der Waals surface area (Å²) in [5.74, 6) is 0.724. The fourth-order valence-electron chi connectivity index (χ4n) is 2.37. The van der Waals surface area contributed by atoms with Gasteiger partial charge in [-0.3, -0.25) is 4.79 Å². The number of carbonyl (C=O) groups is 1. The zero-order chi connectivity index (χ0) is 15.4. The number of methoxy groups -OCH3 is 1. The summed E-state index contributed by atoms with van der Waals surface area (Å²) in [5.41, 5.74) is 3.80. The van der Waals surface area contributed by atoms with Crippen molar-refractivity contribution >= 4 is 5.91 Å². The molecule has 2 rings (SSSR count). The summed E-state index contributed by atoms with van der Waals surface area (Å²) in [4.78, 5) is 12.4. The van der Waals surface area contributed by atoms with E-state index in [0.29, 0.717) is 5.56 Å². The first-order valence-electron chi connectivity index (χ1n) is 7.04. The van der Waals surface area contributed by atoms with Crippen molar-refractivity contribution < 1.29 is 9.53 Å². The maximum Gasteiger partial charge on any atom is 0.252 e. The van der Waals surface area contributed by atoms with E-state index in [4.69, 9.17) is 4.74 Å². The van der Waals surface area contributed by atoms with Crippen molar-refractivity contribution in [2.75, 3.05) is 7.11 Å². The standard InChI is InChI=1S/C18H21NO2/c1-12-9-10-17(21-4)16(11-12)14(3)19-18(20)15-8-6-5-7-13(15)2/h5-11,14H,1-4H3,(H,19,20). The highest BCUT2D eigenvalue weighted by Crippen LogP contribution is 2.26. The summed E-state index contributed by atoms with van der Waals surface area (Å²) in [6.07, 6.45) is 0. The van der Waals surface area contributed by atoms with E-state index < -0.39 is 0 Å². The van der Waals surface area contributed by atoms with Gasteiger partial charge in [0.1, 0.15) is 5.75 Å². The minimum absolute atomic E-state index is 0.0656. The molecular formula is C18H21NO2. The third kappa shape index (κ3) is 3.43. The zero-order valence-electron chi connectivity index (χ0n) is 12.9. The first-order chi connectivity index (χ1) is 10.0. The number of rotatable bonds is 4. The highest BCUT2D eigenvalue weighted by atomic mass is 16.5. The van der Waals surface area contributed by atoms with Crippen LogP contribution in [0.5, 0.6) is 5.75 Å². The summed E-state index contributed by atoms with van der Waals surface area (Å²) in [6, 6.07) is 13.4. The van der Waals surface area contributed by atoms with Gasteiger partial charge in [0.15, 0.2) is 0 Å². The Morgan fingerprint density at radius 3 is 2.52 bits per heavy atom. The molecule has 0 saturated heterocycles. The van der Waals surface area contributed by atoms with Crippen molar-refractivity contribution in [1.29, 1.82) is 0 Å². The number of hydrogen-bond donors (Lipinski definition) is 1. The Bertz CT molecular complexity index is 649. The topological polar surface area (TPSA) is 38.3 Å². The van der Waals surface area contributed by atoms with Crippen LogP contribution in [0.15, 0.2) is 42.5 Å². The Hall–Kier alpha value is -2.29. The van der Waals surface area contributed by atoms with Gasteiger partial charge in [-0.15, -0.1) is 0 Å². The van der Waals surface area contributed by atoms with Crippen molar-refractivity contribution in [1.82, 2.24) is 5.32 Å². The van der Waals surface area contributed by atoms with Gasteiger partial charge in [0.05, 0.1) is 13.2 Å². The first kappa shape index (κ1) is 15.1. The largest absolute Gasteiger partial charge is 0.496 e. The molecule has 2 aromatic carbocycles. The van der Waals surface area contributed by atoms with Crippen LogP contribution >= 0.6 is 0 Å². The fraction of sp³-hybridized carbons (Fsp3) is 0.278. The number of nitrogens with one attached hydrogen (secondary N) is 1. The summed E-state index contributed by atoms with van der Waals surface area (Å²) < 4.78 is 5.38. The minimum Gasteiger partial charge on any atom is -0.496 e. The summed E-state index contributed by atoms with van der Waals surface area (Å²) in [5, 5.41) is 3.04. The first-order valence-corrected chi connectivity index (χ1v) is 7.04. The van der Waals surface area contributed by atoms with Gasteiger partial charge < -0.3 is 10.1 Å². The van der Waals surface area contributed by atoms with Crippen molar-refractivity contribution in [2.24, 2.45) is 0 Å². The molecular weight excluding hydrogens is 262 g/mol. The predicted octanol–water partition coefficient (Wildman–Crippen LogP) is 3.80. The van der Waals surface area contributed by atoms with Gasteiger partial charge in [0.2, 0.25) is 0 Å². The number of ether oxygens (including phenoxy) is 1. The molecule has 110 valence electrons. The van der Waals surface area contributed by atoms with E-state index in [2.05, 4.69) is 5.32 Å². The number of aryl methyl sites for hydroxylation is 2. The molecule has 0 aliphatic heterocycles. The van der Waals surface area contributed by atoms with Gasteiger partial charge in [-0.1, -0.05) is 35.9 Å². The zero-order valence-corrected chi connectivity index (χ0v) is 12.9. The quantitative estimate of drug-likeness (QED) is 0.926. The Balaban J connectivity index is 2.22. The van der Waals surface area contributed by atoms with Crippen LogP contribution in [0.1, 0.15) is 40.0 Å². The van der Waals surface area contributed by atoms with E-state index >= 15 is 0 Å². The second-order valence-corrected chi connectivity index (χ2v) is 5.26. The lowest BCUT2D eigenvalue weighted by Crippen LogP contribution is -2.27. The van der Waals surface area contributed by atoms with Gasteiger partial charge in [0.25, 0.3) is 5.91 Å². The molecule has 1 unspecified atom stereocenters. The second kappa shape index (κ2) is 6.44. The highest BCUT2D eigenvalue weighted by Gasteiger charge is 2.16. The molecule has 0 saturated carbocycles. The van der Waals surface area contributed by atoms with Crippen molar-refractivity contribution in [3.63, 3.8) is 0 Å². The summed E-state index contributed by atoms with van der Waals surface area (Å²) in [6.45, 7) is 5.93. The molecule has 0 aliphatic rings. The van der Waals surface area contributed by atoms with Gasteiger partial charge >= 0.3 is 0 Å². The lowest BCUT2D eigenvalue weighted by atomic mass is 10.0. The van der Waals surface area contributed by atoms with Crippen molar-refractivity contribution in [2.45, 2.75) is 26.8 Å². The molecule has 1 N–H and O–H groups in total. The summed E-state index contributed by atoms with van der Waals surface area (Å²) in [7, 11) is 1.64. The van der Waals surface area contributed by atoms with E-state index in [1.165, 1.54) is 0 Å². The highest BCUT2D eigenvalue weighted by molar-refractivity contribution is 5.95. The summed E-state index contributed by atoms with van der Waals surface area (Å²) >= 11 is 0. The van der Waals surface area contributed by atoms with Crippen LogP contribution < -0.4 is 10.1 Å². The van der Waals surface area contributed by atoms with E-state index in [1.54, 1.807) is 7.11 Å². The third-order valence-electron chi connectivity index (χ3n) is 3.59. The molecule has 2 aromatic rings. The molecule has 0 aliphatic carbocycles. The van der Waals surface area contributed by atoms with Gasteiger partial charge in [-0.05, 0) is 38.5 Å². The van der Waals surface area contributed by atoms with Crippen LogP contribution in [-0.4, -0.2) is 13.0 Å². The average molecular weight is 283 g/mol. The second-order valence-electron chi connectivity index (χ2n) is 5.26. The smallest absolute Gasteiger partial charge is 0.252 e. The molecule has 0 radical (unpaired) electrons. The molecule has 3 nitrogen and oxygen atoms in total. The number of hydrogen-bond acceptors (Lipinski definition) is 2. The predicted molar refractivity (Wildman–Crippen MR) is 84.8 cm³/mol. The van der Waals surface area contributed by atoms with Gasteiger partial charge in [0, 0.05) is 11.1 Å².